The van der Waals surface area contributed by atoms with Crippen LogP contribution in [0.4, 0.5) is 0 Å². The van der Waals surface area contributed by atoms with E-state index >= 15 is 0 Å². The van der Waals surface area contributed by atoms with Crippen LogP contribution in [0, 0.1) is 0 Å². The maximum atomic E-state index is 13.1. The number of methoxy groups -OCH3 is 1. The molecule has 1 saturated heterocycles. The highest BCUT2D eigenvalue weighted by Gasteiger charge is 2.34. The third kappa shape index (κ3) is 2.58. The van der Waals surface area contributed by atoms with Crippen molar-refractivity contribution in [1.82, 2.24) is 10.1 Å². The second-order valence-corrected chi connectivity index (χ2v) is 6.57. The maximum Gasteiger partial charge on any atom is 0.276 e. The Kier molecular flexibility index (Phi) is 4.00. The number of likely N-dealkylation sites (tertiary alicyclic amines) is 1. The Labute approximate surface area is 141 Å². The summed E-state index contributed by atoms with van der Waals surface area (Å²) >= 11 is 0. The number of nitrogens with zero attached hydrogens (tertiary/aromatic N) is 2. The number of ether oxygens (including phenoxy) is 1. The quantitative estimate of drug-likeness (QED) is 0.866. The van der Waals surface area contributed by atoms with Crippen molar-refractivity contribution in [3.05, 3.63) is 46.8 Å². The lowest BCUT2D eigenvalue weighted by Gasteiger charge is -2.25. The molecule has 4 rings (SSSR count). The summed E-state index contributed by atoms with van der Waals surface area (Å²) < 4.78 is 10.6. The van der Waals surface area contributed by atoms with E-state index in [0.717, 1.165) is 67.7 Å². The number of carbonyl (C=O) groups excluding carboxylic acids is 1. The first-order chi connectivity index (χ1) is 11.8. The zero-order valence-electron chi connectivity index (χ0n) is 14.0. The van der Waals surface area contributed by atoms with Gasteiger partial charge in [-0.05, 0) is 49.8 Å². The molecule has 0 N–H and O–H groups in total. The zero-order chi connectivity index (χ0) is 16.5. The molecule has 126 valence electrons. The summed E-state index contributed by atoms with van der Waals surface area (Å²) in [6.07, 6.45) is 6.03. The first-order valence-corrected chi connectivity index (χ1v) is 8.70. The SMILES string of the molecule is COc1ccc([C@H]2CCCN2C(=O)c2noc3c2CCCC3)cc1. The Hall–Kier alpha value is -2.30. The smallest absolute Gasteiger partial charge is 0.276 e. The zero-order valence-corrected chi connectivity index (χ0v) is 14.0. The molecular weight excluding hydrogens is 304 g/mol. The summed E-state index contributed by atoms with van der Waals surface area (Å²) in [7, 11) is 1.66. The number of amides is 1. The highest BCUT2D eigenvalue weighted by Crippen LogP contribution is 2.35. The summed E-state index contributed by atoms with van der Waals surface area (Å²) in [5.74, 6) is 1.75. The predicted octanol–water partition coefficient (Wildman–Crippen LogP) is 3.54. The molecule has 1 atom stereocenters. The van der Waals surface area contributed by atoms with Gasteiger partial charge >= 0.3 is 0 Å². The fraction of sp³-hybridized carbons (Fsp3) is 0.474. The lowest BCUT2D eigenvalue weighted by molar-refractivity contribution is 0.0724. The van der Waals surface area contributed by atoms with E-state index in [9.17, 15) is 4.79 Å². The normalized spacial score (nSPS) is 20.0. The van der Waals surface area contributed by atoms with Gasteiger partial charge in [-0.3, -0.25) is 4.79 Å². The number of aromatic nitrogens is 1. The molecule has 1 aliphatic carbocycles. The van der Waals surface area contributed by atoms with Crippen molar-refractivity contribution in [3.63, 3.8) is 0 Å². The Morgan fingerprint density at radius 3 is 2.79 bits per heavy atom. The minimum atomic E-state index is 0.0141. The molecule has 1 fully saturated rings. The van der Waals surface area contributed by atoms with Crippen molar-refractivity contribution in [3.8, 4) is 5.75 Å². The molecule has 2 heterocycles. The summed E-state index contributed by atoms with van der Waals surface area (Å²) in [5, 5.41) is 4.11. The van der Waals surface area contributed by atoms with E-state index in [-0.39, 0.29) is 11.9 Å². The summed E-state index contributed by atoms with van der Waals surface area (Å²) in [4.78, 5) is 15.0. The molecule has 1 aromatic heterocycles. The summed E-state index contributed by atoms with van der Waals surface area (Å²) in [6.45, 7) is 0.775. The standard InChI is InChI=1S/C19H22N2O3/c1-23-14-10-8-13(9-11-14)16-6-4-12-21(16)19(22)18-15-5-2-3-7-17(15)24-20-18/h8-11,16H,2-7,12H2,1H3/t16-/m1/s1. The van der Waals surface area contributed by atoms with Gasteiger partial charge in [0.05, 0.1) is 13.2 Å². The Balaban J connectivity index is 1.60. The van der Waals surface area contributed by atoms with Gasteiger partial charge in [-0.25, -0.2) is 0 Å². The number of rotatable bonds is 3. The van der Waals surface area contributed by atoms with Crippen molar-refractivity contribution in [2.75, 3.05) is 13.7 Å². The van der Waals surface area contributed by atoms with Crippen LogP contribution in [-0.2, 0) is 12.8 Å². The Morgan fingerprint density at radius 2 is 2.00 bits per heavy atom. The number of hydrogen-bond acceptors (Lipinski definition) is 4. The summed E-state index contributed by atoms with van der Waals surface area (Å²) in [6, 6.07) is 8.11. The van der Waals surface area contributed by atoms with Gasteiger partial charge in [0.2, 0.25) is 0 Å². The van der Waals surface area contributed by atoms with Crippen molar-refractivity contribution in [1.29, 1.82) is 0 Å². The average Bonchev–Trinajstić information content (AvgIpc) is 3.28. The lowest BCUT2D eigenvalue weighted by Crippen LogP contribution is -2.31. The largest absolute Gasteiger partial charge is 0.497 e. The van der Waals surface area contributed by atoms with E-state index in [1.807, 2.05) is 29.2 Å². The van der Waals surface area contributed by atoms with Crippen molar-refractivity contribution < 1.29 is 14.1 Å². The van der Waals surface area contributed by atoms with Gasteiger partial charge < -0.3 is 14.2 Å². The molecule has 0 spiro atoms. The predicted molar refractivity (Wildman–Crippen MR) is 89.2 cm³/mol. The maximum absolute atomic E-state index is 13.1. The molecule has 2 aromatic rings. The highest BCUT2D eigenvalue weighted by molar-refractivity contribution is 5.94. The molecule has 0 bridgehead atoms. The molecule has 1 aromatic carbocycles. The molecule has 5 nitrogen and oxygen atoms in total. The number of fused-ring (bicyclic) bond motifs is 1. The van der Waals surface area contributed by atoms with Crippen LogP contribution < -0.4 is 4.74 Å². The van der Waals surface area contributed by atoms with E-state index < -0.39 is 0 Å². The Bertz CT molecular complexity index is 736. The number of carbonyl (C=O) groups is 1. The molecular formula is C19H22N2O3. The third-order valence-corrected chi connectivity index (χ3v) is 5.17. The van der Waals surface area contributed by atoms with Crippen molar-refractivity contribution >= 4 is 5.91 Å². The average molecular weight is 326 g/mol. The molecule has 5 heteroatoms. The number of hydrogen-bond donors (Lipinski definition) is 0. The number of benzene rings is 1. The van der Waals surface area contributed by atoms with Crippen molar-refractivity contribution in [2.24, 2.45) is 0 Å². The molecule has 0 unspecified atom stereocenters. The van der Waals surface area contributed by atoms with Crippen LogP contribution in [0.1, 0.15) is 59.1 Å². The minimum absolute atomic E-state index is 0.0141. The molecule has 0 radical (unpaired) electrons. The van der Waals surface area contributed by atoms with Crippen LogP contribution in [-0.4, -0.2) is 29.6 Å². The molecule has 1 amide bonds. The van der Waals surface area contributed by atoms with Crippen LogP contribution in [0.3, 0.4) is 0 Å². The Morgan fingerprint density at radius 1 is 1.21 bits per heavy atom. The molecule has 2 aliphatic rings. The van der Waals surface area contributed by atoms with E-state index in [2.05, 4.69) is 5.16 Å². The van der Waals surface area contributed by atoms with E-state index in [1.165, 1.54) is 0 Å². The van der Waals surface area contributed by atoms with Gasteiger partial charge in [0, 0.05) is 18.5 Å². The third-order valence-electron chi connectivity index (χ3n) is 5.17. The monoisotopic (exact) mass is 326 g/mol. The van der Waals surface area contributed by atoms with Crippen LogP contribution in [0.25, 0.3) is 0 Å². The van der Waals surface area contributed by atoms with Crippen LogP contribution >= 0.6 is 0 Å². The van der Waals surface area contributed by atoms with Gasteiger partial charge in [-0.15, -0.1) is 0 Å². The van der Waals surface area contributed by atoms with Gasteiger partial charge in [-0.2, -0.15) is 0 Å². The molecule has 0 saturated carbocycles. The van der Waals surface area contributed by atoms with Gasteiger partial charge in [0.1, 0.15) is 11.5 Å². The van der Waals surface area contributed by atoms with Crippen molar-refractivity contribution in [2.45, 2.75) is 44.6 Å². The minimum Gasteiger partial charge on any atom is -0.497 e. The first kappa shape index (κ1) is 15.2. The fourth-order valence-electron chi connectivity index (χ4n) is 3.87. The second-order valence-electron chi connectivity index (χ2n) is 6.57. The topological polar surface area (TPSA) is 55.6 Å². The molecule has 1 aliphatic heterocycles. The van der Waals surface area contributed by atoms with Crippen LogP contribution in [0.2, 0.25) is 0 Å². The summed E-state index contributed by atoms with van der Waals surface area (Å²) in [5.41, 5.74) is 2.72. The van der Waals surface area contributed by atoms with E-state index in [0.29, 0.717) is 5.69 Å². The highest BCUT2D eigenvalue weighted by atomic mass is 16.5. The second kappa shape index (κ2) is 6.30. The van der Waals surface area contributed by atoms with E-state index in [4.69, 9.17) is 9.26 Å². The number of aryl methyl sites for hydroxylation is 1. The van der Waals surface area contributed by atoms with Crippen LogP contribution in [0.15, 0.2) is 28.8 Å². The van der Waals surface area contributed by atoms with Gasteiger partial charge in [-0.1, -0.05) is 17.3 Å². The van der Waals surface area contributed by atoms with E-state index in [1.54, 1.807) is 7.11 Å². The molecule has 24 heavy (non-hydrogen) atoms. The lowest BCUT2D eigenvalue weighted by atomic mass is 9.96. The first-order valence-electron chi connectivity index (χ1n) is 8.70. The van der Waals surface area contributed by atoms with Gasteiger partial charge in [0.25, 0.3) is 5.91 Å². The fourth-order valence-corrected chi connectivity index (χ4v) is 3.87. The van der Waals surface area contributed by atoms with Crippen LogP contribution in [0.5, 0.6) is 5.75 Å². The van der Waals surface area contributed by atoms with Gasteiger partial charge in [0.15, 0.2) is 5.69 Å².